The lowest BCUT2D eigenvalue weighted by atomic mass is 10.4. The summed E-state index contributed by atoms with van der Waals surface area (Å²) in [5.41, 5.74) is 0.838. The molecule has 0 heterocycles. The molecular formula is C6H10O2S. The number of rotatable bonds is 3. The van der Waals surface area contributed by atoms with Gasteiger partial charge in [0.1, 0.15) is 6.61 Å². The third-order valence-electron chi connectivity index (χ3n) is 0.609. The van der Waals surface area contributed by atoms with Crippen LogP contribution in [-0.2, 0) is 9.53 Å². The van der Waals surface area contributed by atoms with Crippen molar-refractivity contribution in [2.75, 3.05) is 12.4 Å². The first-order valence-electron chi connectivity index (χ1n) is 2.57. The Labute approximate surface area is 60.3 Å². The van der Waals surface area contributed by atoms with E-state index in [4.69, 9.17) is 0 Å². The molecule has 0 N–H and O–H groups in total. The van der Waals surface area contributed by atoms with Crippen LogP contribution in [0.2, 0.25) is 0 Å². The minimum absolute atomic E-state index is 0.132. The third-order valence-corrected chi connectivity index (χ3v) is 0.867. The summed E-state index contributed by atoms with van der Waals surface area (Å²) in [6.45, 7) is 5.66. The van der Waals surface area contributed by atoms with Crippen molar-refractivity contribution < 1.29 is 9.53 Å². The van der Waals surface area contributed by atoms with Crippen molar-refractivity contribution in [3.05, 3.63) is 12.2 Å². The third kappa shape index (κ3) is 5.43. The van der Waals surface area contributed by atoms with Gasteiger partial charge in [0.25, 0.3) is 0 Å². The molecule has 0 saturated carbocycles. The summed E-state index contributed by atoms with van der Waals surface area (Å²) in [4.78, 5) is 10.4. The Morgan fingerprint density at radius 2 is 2.33 bits per heavy atom. The molecule has 0 unspecified atom stereocenters. The average Bonchev–Trinajstić information content (AvgIpc) is 1.83. The van der Waals surface area contributed by atoms with Gasteiger partial charge in [-0.3, -0.25) is 4.79 Å². The SMILES string of the molecule is C=C(C)COC(=O)CS. The molecule has 9 heavy (non-hydrogen) atoms. The fraction of sp³-hybridized carbons (Fsp3) is 0.500. The molecule has 0 aliphatic rings. The first kappa shape index (κ1) is 8.56. The van der Waals surface area contributed by atoms with Crippen LogP contribution < -0.4 is 0 Å². The van der Waals surface area contributed by atoms with Gasteiger partial charge in [-0.1, -0.05) is 6.58 Å². The molecule has 0 aliphatic carbocycles. The molecule has 0 atom stereocenters. The van der Waals surface area contributed by atoms with E-state index >= 15 is 0 Å². The molecular weight excluding hydrogens is 136 g/mol. The summed E-state index contributed by atoms with van der Waals surface area (Å²) < 4.78 is 4.64. The molecule has 0 aromatic carbocycles. The number of hydrogen-bond acceptors (Lipinski definition) is 3. The van der Waals surface area contributed by atoms with Gasteiger partial charge in [0.2, 0.25) is 0 Å². The van der Waals surface area contributed by atoms with Crippen molar-refractivity contribution in [1.29, 1.82) is 0 Å². The number of carbonyl (C=O) groups is 1. The highest BCUT2D eigenvalue weighted by molar-refractivity contribution is 7.81. The van der Waals surface area contributed by atoms with Crippen LogP contribution in [-0.4, -0.2) is 18.3 Å². The molecule has 52 valence electrons. The molecule has 0 fully saturated rings. The van der Waals surface area contributed by atoms with Crippen LogP contribution in [0.15, 0.2) is 12.2 Å². The zero-order chi connectivity index (χ0) is 7.28. The van der Waals surface area contributed by atoms with E-state index in [-0.39, 0.29) is 11.7 Å². The van der Waals surface area contributed by atoms with Gasteiger partial charge >= 0.3 is 5.97 Å². The maximum absolute atomic E-state index is 10.4. The number of thiol groups is 1. The zero-order valence-corrected chi connectivity index (χ0v) is 6.28. The Kier molecular flexibility index (Phi) is 4.22. The highest BCUT2D eigenvalue weighted by Gasteiger charge is 1.96. The van der Waals surface area contributed by atoms with Crippen molar-refractivity contribution in [3.63, 3.8) is 0 Å². The Bertz CT molecular complexity index is 120. The van der Waals surface area contributed by atoms with E-state index in [1.54, 1.807) is 6.92 Å². The molecule has 2 nitrogen and oxygen atoms in total. The summed E-state index contributed by atoms with van der Waals surface area (Å²) in [5, 5.41) is 0. The van der Waals surface area contributed by atoms with E-state index in [0.717, 1.165) is 5.57 Å². The maximum Gasteiger partial charge on any atom is 0.315 e. The van der Waals surface area contributed by atoms with Crippen LogP contribution in [0.3, 0.4) is 0 Å². The normalized spacial score (nSPS) is 8.67. The second kappa shape index (κ2) is 4.44. The molecule has 3 heteroatoms. The van der Waals surface area contributed by atoms with E-state index in [1.807, 2.05) is 0 Å². The van der Waals surface area contributed by atoms with Crippen molar-refractivity contribution in [2.24, 2.45) is 0 Å². The standard InChI is InChI=1S/C6H10O2S/c1-5(2)3-8-6(7)4-9/h9H,1,3-4H2,2H3. The predicted molar refractivity (Wildman–Crippen MR) is 39.6 cm³/mol. The monoisotopic (exact) mass is 146 g/mol. The lowest BCUT2D eigenvalue weighted by Crippen LogP contribution is -2.06. The smallest absolute Gasteiger partial charge is 0.315 e. The molecule has 0 rings (SSSR count). The minimum Gasteiger partial charge on any atom is -0.461 e. The molecule has 0 spiro atoms. The van der Waals surface area contributed by atoms with Gasteiger partial charge in [0, 0.05) is 0 Å². The van der Waals surface area contributed by atoms with Crippen LogP contribution in [0.5, 0.6) is 0 Å². The maximum atomic E-state index is 10.4. The first-order chi connectivity index (χ1) is 4.16. The Hall–Kier alpha value is -0.440. The molecule has 0 amide bonds. The van der Waals surface area contributed by atoms with E-state index in [9.17, 15) is 4.79 Å². The van der Waals surface area contributed by atoms with Crippen molar-refractivity contribution in [2.45, 2.75) is 6.92 Å². The lowest BCUT2D eigenvalue weighted by molar-refractivity contribution is -0.139. The predicted octanol–water partition coefficient (Wildman–Crippen LogP) is 1.04. The molecule has 0 aromatic heterocycles. The largest absolute Gasteiger partial charge is 0.461 e. The highest BCUT2D eigenvalue weighted by Crippen LogP contribution is 1.89. The summed E-state index contributed by atoms with van der Waals surface area (Å²) in [6, 6.07) is 0. The molecule has 0 bridgehead atoms. The number of ether oxygens (including phenoxy) is 1. The van der Waals surface area contributed by atoms with Crippen molar-refractivity contribution >= 4 is 18.6 Å². The fourth-order valence-corrected chi connectivity index (χ4v) is 0.341. The minimum atomic E-state index is -0.304. The molecule has 0 aliphatic heterocycles. The first-order valence-corrected chi connectivity index (χ1v) is 3.21. The topological polar surface area (TPSA) is 26.3 Å². The van der Waals surface area contributed by atoms with Gasteiger partial charge in [-0.2, -0.15) is 12.6 Å². The van der Waals surface area contributed by atoms with Crippen molar-refractivity contribution in [3.8, 4) is 0 Å². The van der Waals surface area contributed by atoms with Gasteiger partial charge in [-0.05, 0) is 12.5 Å². The second-order valence-electron chi connectivity index (χ2n) is 1.78. The van der Waals surface area contributed by atoms with E-state index in [0.29, 0.717) is 6.61 Å². The summed E-state index contributed by atoms with van der Waals surface area (Å²) in [7, 11) is 0. The van der Waals surface area contributed by atoms with Gasteiger partial charge in [0.05, 0.1) is 5.75 Å². The molecule has 0 aromatic rings. The lowest BCUT2D eigenvalue weighted by Gasteiger charge is -1.99. The van der Waals surface area contributed by atoms with Gasteiger partial charge in [-0.15, -0.1) is 0 Å². The number of carbonyl (C=O) groups excluding carboxylic acids is 1. The summed E-state index contributed by atoms with van der Waals surface area (Å²) in [5.74, 6) is -0.172. The fourth-order valence-electron chi connectivity index (χ4n) is 0.249. The van der Waals surface area contributed by atoms with Crippen LogP contribution in [0, 0.1) is 0 Å². The Balaban J connectivity index is 3.28. The van der Waals surface area contributed by atoms with Gasteiger partial charge in [0.15, 0.2) is 0 Å². The molecule has 0 saturated heterocycles. The average molecular weight is 146 g/mol. The van der Waals surface area contributed by atoms with Gasteiger partial charge in [-0.25, -0.2) is 0 Å². The van der Waals surface area contributed by atoms with E-state index in [1.165, 1.54) is 0 Å². The van der Waals surface area contributed by atoms with Gasteiger partial charge < -0.3 is 4.74 Å². The second-order valence-corrected chi connectivity index (χ2v) is 2.09. The number of esters is 1. The Morgan fingerprint density at radius 1 is 1.78 bits per heavy atom. The summed E-state index contributed by atoms with van der Waals surface area (Å²) in [6.07, 6.45) is 0. The quantitative estimate of drug-likeness (QED) is 0.366. The molecule has 0 radical (unpaired) electrons. The number of hydrogen-bond donors (Lipinski definition) is 1. The van der Waals surface area contributed by atoms with Crippen LogP contribution in [0.4, 0.5) is 0 Å². The highest BCUT2D eigenvalue weighted by atomic mass is 32.1. The van der Waals surface area contributed by atoms with Crippen LogP contribution >= 0.6 is 12.6 Å². The van der Waals surface area contributed by atoms with Crippen LogP contribution in [0.1, 0.15) is 6.92 Å². The zero-order valence-electron chi connectivity index (χ0n) is 5.39. The van der Waals surface area contributed by atoms with E-state index in [2.05, 4.69) is 23.9 Å². The van der Waals surface area contributed by atoms with Crippen LogP contribution in [0.25, 0.3) is 0 Å². The Morgan fingerprint density at radius 3 is 2.67 bits per heavy atom. The van der Waals surface area contributed by atoms with E-state index < -0.39 is 0 Å². The summed E-state index contributed by atoms with van der Waals surface area (Å²) >= 11 is 3.71. The van der Waals surface area contributed by atoms with Crippen molar-refractivity contribution in [1.82, 2.24) is 0 Å².